The molecule has 0 aliphatic carbocycles. The number of rotatable bonds is 5. The van der Waals surface area contributed by atoms with E-state index >= 15 is 0 Å². The summed E-state index contributed by atoms with van der Waals surface area (Å²) in [5.74, 6) is -8.69. The maximum Gasteiger partial charge on any atom is 0.328 e. The third-order valence-corrected chi connectivity index (χ3v) is 8.88. The van der Waals surface area contributed by atoms with E-state index in [2.05, 4.69) is 4.98 Å². The third kappa shape index (κ3) is 5.00. The van der Waals surface area contributed by atoms with Crippen LogP contribution in [-0.4, -0.2) is 67.8 Å². The molecule has 0 fully saturated rings. The van der Waals surface area contributed by atoms with Gasteiger partial charge in [-0.15, -0.1) is 0 Å². The van der Waals surface area contributed by atoms with Crippen molar-refractivity contribution in [1.82, 2.24) is 19.1 Å². The maximum atomic E-state index is 12.4. The van der Waals surface area contributed by atoms with Crippen molar-refractivity contribution >= 4 is 24.3 Å². The molecule has 252 valence electrons. The predicted octanol–water partition coefficient (Wildman–Crippen LogP) is 4.44. The predicted molar refractivity (Wildman–Crippen MR) is 190 cm³/mol. The number of nitrogens with zero attached hydrogens (tertiary/aromatic N) is 4. The van der Waals surface area contributed by atoms with Crippen LogP contribution in [0.2, 0.25) is 0 Å². The Bertz CT molecular complexity index is 2560. The highest BCUT2D eigenvalue weighted by atomic mass is 16.3. The molecule has 8 N–H and O–H groups in total. The standard InChI is InChI=1S/C37H27BN4O9/c1-41-22-13-12-19(14-23(22)42(2)37(41)51)16-8-10-17(11-9-16)20-15-21(40-36(39-20)18-6-4-3-5-7-18)24-28(43)30(45)25(31(46)29(24)44)26-32(47)34(49)27(38)35(50)33(26)48/h3-15,43-50H,1-2H3. The van der Waals surface area contributed by atoms with Gasteiger partial charge >= 0.3 is 5.69 Å². The Hall–Kier alpha value is -7.09. The van der Waals surface area contributed by atoms with Crippen molar-refractivity contribution in [2.45, 2.75) is 0 Å². The molecule has 13 nitrogen and oxygen atoms in total. The number of aromatic hydroxyl groups is 8. The molecule has 7 rings (SSSR count). The van der Waals surface area contributed by atoms with E-state index in [-0.39, 0.29) is 17.2 Å². The van der Waals surface area contributed by atoms with Crippen molar-refractivity contribution in [3.63, 3.8) is 0 Å². The summed E-state index contributed by atoms with van der Waals surface area (Å²) in [7, 11) is 8.91. The smallest absolute Gasteiger partial charge is 0.328 e. The molecule has 7 aromatic rings. The van der Waals surface area contributed by atoms with Gasteiger partial charge in [-0.05, 0) is 34.8 Å². The lowest BCUT2D eigenvalue weighted by atomic mass is 9.88. The summed E-state index contributed by atoms with van der Waals surface area (Å²) < 4.78 is 3.14. The number of hydrogen-bond donors (Lipinski definition) is 8. The van der Waals surface area contributed by atoms with Crippen LogP contribution in [0.5, 0.6) is 46.0 Å². The molecule has 0 bridgehead atoms. The molecular weight excluding hydrogens is 655 g/mol. The van der Waals surface area contributed by atoms with Crippen molar-refractivity contribution in [1.29, 1.82) is 0 Å². The fraction of sp³-hybridized carbons (Fsp3) is 0.0541. The van der Waals surface area contributed by atoms with Gasteiger partial charge < -0.3 is 40.9 Å². The van der Waals surface area contributed by atoms with E-state index in [1.54, 1.807) is 65.7 Å². The van der Waals surface area contributed by atoms with Gasteiger partial charge in [-0.25, -0.2) is 14.8 Å². The Labute approximate surface area is 289 Å². The number of phenols is 8. The number of phenolic OH excluding ortho intramolecular Hbond substituents is 8. The van der Waals surface area contributed by atoms with E-state index in [1.165, 1.54) is 6.07 Å². The summed E-state index contributed by atoms with van der Waals surface area (Å²) in [6, 6.07) is 23.2. The number of hydrogen-bond acceptors (Lipinski definition) is 11. The van der Waals surface area contributed by atoms with Gasteiger partial charge in [0.1, 0.15) is 7.85 Å². The highest BCUT2D eigenvalue weighted by Crippen LogP contribution is 2.59. The lowest BCUT2D eigenvalue weighted by molar-refractivity contribution is 0.370. The first-order chi connectivity index (χ1) is 24.3. The summed E-state index contributed by atoms with van der Waals surface area (Å²) in [5, 5.41) is 86.1. The van der Waals surface area contributed by atoms with E-state index in [4.69, 9.17) is 12.8 Å². The Morgan fingerprint density at radius 1 is 0.490 bits per heavy atom. The second-order valence-electron chi connectivity index (χ2n) is 11.8. The summed E-state index contributed by atoms with van der Waals surface area (Å²) in [4.78, 5) is 21.7. The van der Waals surface area contributed by atoms with Gasteiger partial charge in [0, 0.05) is 25.2 Å². The van der Waals surface area contributed by atoms with E-state index in [1.807, 2.05) is 30.3 Å². The van der Waals surface area contributed by atoms with E-state index < -0.39 is 68.1 Å². The summed E-state index contributed by atoms with van der Waals surface area (Å²) in [5.41, 5.74) is 1.32. The van der Waals surface area contributed by atoms with Crippen molar-refractivity contribution in [2.75, 3.05) is 0 Å². The first-order valence-electron chi connectivity index (χ1n) is 15.3. The Morgan fingerprint density at radius 3 is 1.55 bits per heavy atom. The summed E-state index contributed by atoms with van der Waals surface area (Å²) in [6.07, 6.45) is 0. The molecule has 2 radical (unpaired) electrons. The van der Waals surface area contributed by atoms with Crippen LogP contribution in [0.1, 0.15) is 0 Å². The van der Waals surface area contributed by atoms with Crippen LogP contribution in [0.25, 0.3) is 67.2 Å². The van der Waals surface area contributed by atoms with Crippen molar-refractivity contribution in [3.05, 3.63) is 89.3 Å². The topological polar surface area (TPSA) is 215 Å². The van der Waals surface area contributed by atoms with Gasteiger partial charge in [0.05, 0.1) is 39.1 Å². The fourth-order valence-corrected chi connectivity index (χ4v) is 6.09. The lowest BCUT2D eigenvalue weighted by Gasteiger charge is -2.19. The molecule has 0 amide bonds. The van der Waals surface area contributed by atoms with Crippen LogP contribution in [0.15, 0.2) is 83.7 Å². The Kier molecular flexibility index (Phi) is 7.51. The minimum Gasteiger partial charge on any atom is -0.505 e. The van der Waals surface area contributed by atoms with Crippen LogP contribution < -0.4 is 11.2 Å². The fourth-order valence-electron chi connectivity index (χ4n) is 6.09. The van der Waals surface area contributed by atoms with Gasteiger partial charge in [-0.2, -0.15) is 0 Å². The van der Waals surface area contributed by atoms with Crippen LogP contribution >= 0.6 is 0 Å². The van der Waals surface area contributed by atoms with Gasteiger partial charge in [-0.1, -0.05) is 60.7 Å². The third-order valence-electron chi connectivity index (χ3n) is 8.88. The average Bonchev–Trinajstić information content (AvgIpc) is 3.37. The molecule has 0 aliphatic heterocycles. The highest BCUT2D eigenvalue weighted by molar-refractivity contribution is 6.37. The van der Waals surface area contributed by atoms with Gasteiger partial charge in [0.15, 0.2) is 51.8 Å². The summed E-state index contributed by atoms with van der Waals surface area (Å²) in [6.45, 7) is 0. The molecule has 5 aromatic carbocycles. The number of aryl methyl sites for hydroxylation is 2. The van der Waals surface area contributed by atoms with E-state index in [0.29, 0.717) is 16.8 Å². The molecule has 2 heterocycles. The van der Waals surface area contributed by atoms with Crippen LogP contribution in [0.3, 0.4) is 0 Å². The van der Waals surface area contributed by atoms with Gasteiger partial charge in [0.25, 0.3) is 0 Å². The van der Waals surface area contributed by atoms with Crippen molar-refractivity contribution < 1.29 is 40.9 Å². The first-order valence-corrected chi connectivity index (χ1v) is 15.3. The van der Waals surface area contributed by atoms with Gasteiger partial charge in [0.2, 0.25) is 0 Å². The first kappa shape index (κ1) is 32.5. The molecule has 0 saturated heterocycles. The van der Waals surface area contributed by atoms with E-state index in [9.17, 15) is 45.6 Å². The minimum atomic E-state index is -1.16. The zero-order valence-electron chi connectivity index (χ0n) is 26.9. The maximum absolute atomic E-state index is 12.4. The normalized spacial score (nSPS) is 11.3. The second kappa shape index (κ2) is 11.8. The second-order valence-corrected chi connectivity index (χ2v) is 11.8. The average molecular weight is 682 g/mol. The molecule has 2 aromatic heterocycles. The number of aromatic nitrogens is 4. The number of benzene rings is 5. The summed E-state index contributed by atoms with van der Waals surface area (Å²) >= 11 is 0. The molecular formula is C37H27BN4O9. The zero-order chi connectivity index (χ0) is 36.5. The van der Waals surface area contributed by atoms with Crippen LogP contribution in [-0.2, 0) is 14.1 Å². The molecule has 0 unspecified atom stereocenters. The minimum absolute atomic E-state index is 0.137. The lowest BCUT2D eigenvalue weighted by Crippen LogP contribution is -2.19. The van der Waals surface area contributed by atoms with Crippen molar-refractivity contribution in [3.8, 4) is 102 Å². The van der Waals surface area contributed by atoms with Crippen LogP contribution in [0, 0.1) is 0 Å². The Morgan fingerprint density at radius 2 is 0.961 bits per heavy atom. The monoisotopic (exact) mass is 682 g/mol. The SMILES string of the molecule is [B]c1c(O)c(O)c(-c2c(O)c(O)c(-c3cc(-c4ccc(-c5ccc6c(c5)n(C)c(=O)n6C)cc4)nc(-c4ccccc4)n3)c(O)c2O)c(O)c1O. The van der Waals surface area contributed by atoms with E-state index in [0.717, 1.165) is 22.2 Å². The number of imidazole rings is 1. The highest BCUT2D eigenvalue weighted by Gasteiger charge is 2.32. The molecule has 51 heavy (non-hydrogen) atoms. The van der Waals surface area contributed by atoms with Crippen LogP contribution in [0.4, 0.5) is 0 Å². The molecule has 0 aliphatic rings. The quantitative estimate of drug-likeness (QED) is 0.0722. The molecule has 0 spiro atoms. The zero-order valence-corrected chi connectivity index (χ0v) is 26.9. The molecule has 0 saturated carbocycles. The Balaban J connectivity index is 1.38. The number of fused-ring (bicyclic) bond motifs is 1. The molecule has 0 atom stereocenters. The van der Waals surface area contributed by atoms with Crippen molar-refractivity contribution in [2.24, 2.45) is 14.1 Å². The largest absolute Gasteiger partial charge is 0.505 e. The molecule has 14 heteroatoms. The van der Waals surface area contributed by atoms with Gasteiger partial charge in [-0.3, -0.25) is 9.13 Å².